The molecule has 0 unspecified atom stereocenters. The zero-order valence-corrected chi connectivity index (χ0v) is 7.03. The molecule has 0 aliphatic heterocycles. The van der Waals surface area contributed by atoms with Crippen LogP contribution in [-0.4, -0.2) is 0 Å². The standard InChI is InChI=1S/C5H10.C5H8/c1-2-4-5-3-1;1-4-5(2)3/h1-5H2;4H,1-2H2,3H3. The first-order valence-electron chi connectivity index (χ1n) is 4.05. The molecule has 0 aromatic heterocycles. The van der Waals surface area contributed by atoms with E-state index >= 15 is 0 Å². The molecule has 0 amide bonds. The molecule has 1 saturated carbocycles. The fourth-order valence-electron chi connectivity index (χ4n) is 0.884. The summed E-state index contributed by atoms with van der Waals surface area (Å²) < 4.78 is 0. The SMILES string of the molecule is C1CCCC1.C=CC(=C)C. The van der Waals surface area contributed by atoms with Gasteiger partial charge < -0.3 is 0 Å². The van der Waals surface area contributed by atoms with Gasteiger partial charge in [0.2, 0.25) is 0 Å². The van der Waals surface area contributed by atoms with Gasteiger partial charge in [0.05, 0.1) is 0 Å². The van der Waals surface area contributed by atoms with Crippen molar-refractivity contribution < 1.29 is 0 Å². The Morgan fingerprint density at radius 3 is 1.40 bits per heavy atom. The van der Waals surface area contributed by atoms with Crippen molar-refractivity contribution in [3.63, 3.8) is 0 Å². The second-order valence-electron chi connectivity index (χ2n) is 2.82. The van der Waals surface area contributed by atoms with Crippen LogP contribution in [0.25, 0.3) is 0 Å². The maximum atomic E-state index is 3.56. The maximum Gasteiger partial charge on any atom is -0.0404 e. The van der Waals surface area contributed by atoms with Gasteiger partial charge in [0.1, 0.15) is 0 Å². The first kappa shape index (κ1) is 9.48. The van der Waals surface area contributed by atoms with Crippen molar-refractivity contribution in [3.05, 3.63) is 24.8 Å². The third kappa shape index (κ3) is 7.48. The lowest BCUT2D eigenvalue weighted by molar-refractivity contribution is 0.886. The molecular weight excluding hydrogens is 120 g/mol. The van der Waals surface area contributed by atoms with Crippen molar-refractivity contribution in [1.82, 2.24) is 0 Å². The smallest absolute Gasteiger partial charge is 0.0404 e. The summed E-state index contributed by atoms with van der Waals surface area (Å²) in [5, 5.41) is 0. The molecule has 10 heavy (non-hydrogen) atoms. The quantitative estimate of drug-likeness (QED) is 0.485. The van der Waals surface area contributed by atoms with Crippen LogP contribution in [0.5, 0.6) is 0 Å². The summed E-state index contributed by atoms with van der Waals surface area (Å²) in [6.07, 6.45) is 9.22. The van der Waals surface area contributed by atoms with Gasteiger partial charge >= 0.3 is 0 Å². The number of hydrogen-bond acceptors (Lipinski definition) is 0. The minimum Gasteiger partial charge on any atom is -0.0988 e. The van der Waals surface area contributed by atoms with E-state index in [4.69, 9.17) is 0 Å². The average Bonchev–Trinajstić information content (AvgIpc) is 2.43. The van der Waals surface area contributed by atoms with Crippen molar-refractivity contribution in [2.24, 2.45) is 0 Å². The van der Waals surface area contributed by atoms with Gasteiger partial charge in [-0.1, -0.05) is 56.9 Å². The van der Waals surface area contributed by atoms with E-state index in [2.05, 4.69) is 13.2 Å². The van der Waals surface area contributed by atoms with Crippen LogP contribution < -0.4 is 0 Å². The molecule has 0 radical (unpaired) electrons. The van der Waals surface area contributed by atoms with Crippen LogP contribution >= 0.6 is 0 Å². The molecule has 0 saturated heterocycles. The van der Waals surface area contributed by atoms with E-state index < -0.39 is 0 Å². The molecule has 0 N–H and O–H groups in total. The first-order chi connectivity index (χ1) is 4.77. The normalized spacial score (nSPS) is 15.3. The van der Waals surface area contributed by atoms with E-state index in [0.29, 0.717) is 0 Å². The van der Waals surface area contributed by atoms with E-state index in [1.54, 1.807) is 6.08 Å². The van der Waals surface area contributed by atoms with Crippen LogP contribution in [0.2, 0.25) is 0 Å². The van der Waals surface area contributed by atoms with E-state index in [1.807, 2.05) is 6.92 Å². The molecule has 1 fully saturated rings. The second-order valence-corrected chi connectivity index (χ2v) is 2.82. The highest BCUT2D eigenvalue weighted by molar-refractivity contribution is 5.05. The fourth-order valence-corrected chi connectivity index (χ4v) is 0.884. The van der Waals surface area contributed by atoms with Gasteiger partial charge in [-0.3, -0.25) is 0 Å². The summed E-state index contributed by atoms with van der Waals surface area (Å²) in [6, 6.07) is 0. The number of allylic oxidation sites excluding steroid dienone is 2. The predicted molar refractivity (Wildman–Crippen MR) is 48.1 cm³/mol. The minimum absolute atomic E-state index is 1.02. The summed E-state index contributed by atoms with van der Waals surface area (Å²) in [6.45, 7) is 8.93. The van der Waals surface area contributed by atoms with Crippen LogP contribution in [0.4, 0.5) is 0 Å². The Morgan fingerprint density at radius 1 is 1.10 bits per heavy atom. The lowest BCUT2D eigenvalue weighted by Crippen LogP contribution is -1.50. The van der Waals surface area contributed by atoms with Crippen LogP contribution in [0.1, 0.15) is 39.0 Å². The minimum atomic E-state index is 1.02. The predicted octanol–water partition coefficient (Wildman–Crippen LogP) is 3.70. The van der Waals surface area contributed by atoms with Crippen LogP contribution in [0.3, 0.4) is 0 Å². The third-order valence-electron chi connectivity index (χ3n) is 1.60. The van der Waals surface area contributed by atoms with Gasteiger partial charge in [-0.2, -0.15) is 0 Å². The van der Waals surface area contributed by atoms with E-state index in [9.17, 15) is 0 Å². The largest absolute Gasteiger partial charge is 0.0988 e. The van der Waals surface area contributed by atoms with Crippen LogP contribution in [-0.2, 0) is 0 Å². The fraction of sp³-hybridized carbons (Fsp3) is 0.600. The molecule has 0 aromatic carbocycles. The monoisotopic (exact) mass is 138 g/mol. The average molecular weight is 138 g/mol. The van der Waals surface area contributed by atoms with Gasteiger partial charge in [-0.25, -0.2) is 0 Å². The molecule has 1 rings (SSSR count). The summed E-state index contributed by atoms with van der Waals surface area (Å²) in [4.78, 5) is 0. The highest BCUT2D eigenvalue weighted by Gasteiger charge is 1.95. The van der Waals surface area contributed by atoms with Gasteiger partial charge in [-0.05, 0) is 6.92 Å². The molecular formula is C10H18. The van der Waals surface area contributed by atoms with Crippen molar-refractivity contribution in [3.8, 4) is 0 Å². The Bertz CT molecular complexity index is 89.0. The lowest BCUT2D eigenvalue weighted by atomic mass is 10.4. The molecule has 0 atom stereocenters. The summed E-state index contributed by atoms with van der Waals surface area (Å²) in [5.41, 5.74) is 1.02. The Hall–Kier alpha value is -0.520. The molecule has 0 bridgehead atoms. The zero-order chi connectivity index (χ0) is 7.82. The third-order valence-corrected chi connectivity index (χ3v) is 1.60. The number of hydrogen-bond donors (Lipinski definition) is 0. The van der Waals surface area contributed by atoms with Gasteiger partial charge in [-0.15, -0.1) is 0 Å². The molecule has 1 aliphatic carbocycles. The Morgan fingerprint density at radius 2 is 1.30 bits per heavy atom. The van der Waals surface area contributed by atoms with Crippen molar-refractivity contribution >= 4 is 0 Å². The molecule has 0 nitrogen and oxygen atoms in total. The lowest BCUT2D eigenvalue weighted by Gasteiger charge is -1.71. The van der Waals surface area contributed by atoms with Crippen LogP contribution in [0.15, 0.2) is 24.8 Å². The molecule has 0 aromatic rings. The van der Waals surface area contributed by atoms with Gasteiger partial charge in [0.15, 0.2) is 0 Å². The Balaban J connectivity index is 0.000000162. The molecule has 58 valence electrons. The van der Waals surface area contributed by atoms with Gasteiger partial charge in [0.25, 0.3) is 0 Å². The number of rotatable bonds is 1. The molecule has 0 heterocycles. The van der Waals surface area contributed by atoms with E-state index in [-0.39, 0.29) is 0 Å². The first-order valence-corrected chi connectivity index (χ1v) is 4.05. The van der Waals surface area contributed by atoms with Crippen molar-refractivity contribution in [2.45, 2.75) is 39.0 Å². The summed E-state index contributed by atoms with van der Waals surface area (Å²) in [7, 11) is 0. The summed E-state index contributed by atoms with van der Waals surface area (Å²) in [5.74, 6) is 0. The van der Waals surface area contributed by atoms with Gasteiger partial charge in [0, 0.05) is 0 Å². The molecule has 0 spiro atoms. The maximum absolute atomic E-state index is 3.56. The molecule has 1 aliphatic rings. The van der Waals surface area contributed by atoms with Crippen LogP contribution in [0, 0.1) is 0 Å². The highest BCUT2D eigenvalue weighted by atomic mass is 14.0. The molecule has 0 heteroatoms. The summed E-state index contributed by atoms with van der Waals surface area (Å²) >= 11 is 0. The van der Waals surface area contributed by atoms with Crippen molar-refractivity contribution in [1.29, 1.82) is 0 Å². The van der Waals surface area contributed by atoms with Crippen molar-refractivity contribution in [2.75, 3.05) is 0 Å². The second kappa shape index (κ2) is 6.60. The Kier molecular flexibility index (Phi) is 6.25. The van der Waals surface area contributed by atoms with E-state index in [1.165, 1.54) is 32.1 Å². The highest BCUT2D eigenvalue weighted by Crippen LogP contribution is 2.15. The topological polar surface area (TPSA) is 0 Å². The van der Waals surface area contributed by atoms with E-state index in [0.717, 1.165) is 5.57 Å². The zero-order valence-electron chi connectivity index (χ0n) is 7.03. The Labute approximate surface area is 64.6 Å².